The van der Waals surface area contributed by atoms with Crippen LogP contribution < -0.4 is 21.3 Å². The Morgan fingerprint density at radius 1 is 1.13 bits per heavy atom. The molecular formula is C26H26Cl2F4N4O3. The van der Waals surface area contributed by atoms with Crippen molar-refractivity contribution >= 4 is 58.0 Å². The highest BCUT2D eigenvalue weighted by atomic mass is 35.5. The van der Waals surface area contributed by atoms with E-state index in [2.05, 4.69) is 10.6 Å². The van der Waals surface area contributed by atoms with Crippen LogP contribution in [0.25, 0.3) is 0 Å². The van der Waals surface area contributed by atoms with E-state index in [1.165, 1.54) is 23.1 Å². The van der Waals surface area contributed by atoms with E-state index >= 15 is 0 Å². The summed E-state index contributed by atoms with van der Waals surface area (Å²) >= 11 is 12.2. The average molecular weight is 589 g/mol. The molecule has 2 aromatic carbocycles. The highest BCUT2D eigenvalue weighted by Crippen LogP contribution is 2.40. The number of nitrogens with one attached hydrogen (secondary N) is 2. The molecule has 3 amide bonds. The Balaban J connectivity index is 1.65. The van der Waals surface area contributed by atoms with Crippen molar-refractivity contribution in [3.8, 4) is 0 Å². The lowest BCUT2D eigenvalue weighted by Crippen LogP contribution is -2.52. The lowest BCUT2D eigenvalue weighted by Gasteiger charge is -2.29. The number of rotatable bonds is 9. The number of halogens is 6. The van der Waals surface area contributed by atoms with E-state index in [9.17, 15) is 31.9 Å². The van der Waals surface area contributed by atoms with Crippen molar-refractivity contribution in [3.05, 3.63) is 52.3 Å². The largest absolute Gasteiger partial charge is 0.389 e. The number of fused-ring (bicyclic) bond motifs is 1. The summed E-state index contributed by atoms with van der Waals surface area (Å²) in [6, 6.07) is 7.40. The third-order valence-corrected chi connectivity index (χ3v) is 7.69. The Bertz CT molecular complexity index is 1270. The molecule has 3 unspecified atom stereocenters. The summed E-state index contributed by atoms with van der Waals surface area (Å²) in [6.07, 6.45) is -4.76. The van der Waals surface area contributed by atoms with Crippen LogP contribution in [0.3, 0.4) is 0 Å². The maximum Gasteiger partial charge on any atom is 0.389 e. The SMILES string of the molecule is NC(=O)C(CC1CC1)C(CCC(F)(F)F)C(=O)NC1CN(c2ccc(Cl)c(Cl)c2)c2cccc(F)c2NC1=O. The first-order valence-corrected chi connectivity index (χ1v) is 13.1. The topological polar surface area (TPSA) is 105 Å². The van der Waals surface area contributed by atoms with Gasteiger partial charge in [0.05, 0.1) is 22.3 Å². The average Bonchev–Trinajstić information content (AvgIpc) is 3.68. The smallest absolute Gasteiger partial charge is 0.369 e. The normalized spacial score (nSPS) is 19.0. The lowest BCUT2D eigenvalue weighted by molar-refractivity contribution is -0.146. The van der Waals surface area contributed by atoms with Gasteiger partial charge < -0.3 is 21.3 Å². The Labute approximate surface area is 232 Å². The summed E-state index contributed by atoms with van der Waals surface area (Å²) in [6.45, 7) is -0.220. The van der Waals surface area contributed by atoms with Crippen molar-refractivity contribution in [1.29, 1.82) is 0 Å². The van der Waals surface area contributed by atoms with Crippen molar-refractivity contribution in [3.63, 3.8) is 0 Å². The quantitative estimate of drug-likeness (QED) is 0.333. The maximum absolute atomic E-state index is 14.8. The van der Waals surface area contributed by atoms with Gasteiger partial charge in [0.15, 0.2) is 0 Å². The molecule has 39 heavy (non-hydrogen) atoms. The van der Waals surface area contributed by atoms with E-state index in [-0.39, 0.29) is 40.3 Å². The van der Waals surface area contributed by atoms with Gasteiger partial charge in [-0.3, -0.25) is 14.4 Å². The number of para-hydroxylation sites is 1. The zero-order chi connectivity index (χ0) is 28.5. The summed E-state index contributed by atoms with van der Waals surface area (Å²) in [5.74, 6) is -5.74. The van der Waals surface area contributed by atoms with Crippen LogP contribution in [-0.4, -0.2) is 36.5 Å². The second kappa shape index (κ2) is 11.6. The fourth-order valence-corrected chi connectivity index (χ4v) is 5.04. The molecule has 0 radical (unpaired) electrons. The van der Waals surface area contributed by atoms with Gasteiger partial charge >= 0.3 is 6.18 Å². The van der Waals surface area contributed by atoms with Crippen molar-refractivity contribution < 1.29 is 31.9 Å². The van der Waals surface area contributed by atoms with Crippen LogP contribution in [0, 0.1) is 23.6 Å². The number of alkyl halides is 3. The molecule has 2 aliphatic rings. The van der Waals surface area contributed by atoms with Gasteiger partial charge in [0, 0.05) is 23.9 Å². The van der Waals surface area contributed by atoms with Crippen molar-refractivity contribution in [2.24, 2.45) is 23.5 Å². The standard InChI is InChI=1S/C26H26Cl2F4N4O3/c27-17-7-6-14(11-18(17)28)36-12-20(25(39)35-22-19(29)2-1-3-21(22)36)34-24(38)15(8-9-26(30,31)32)16(23(33)37)10-13-4-5-13/h1-3,6-7,11,13,15-16,20H,4-5,8-10,12H2,(H2,33,37)(H,34,38)(H,35,39). The molecule has 1 fully saturated rings. The fourth-order valence-electron chi connectivity index (χ4n) is 4.75. The number of hydrogen-bond donors (Lipinski definition) is 3. The van der Waals surface area contributed by atoms with Crippen LogP contribution >= 0.6 is 23.2 Å². The van der Waals surface area contributed by atoms with Gasteiger partial charge in [-0.2, -0.15) is 13.2 Å². The van der Waals surface area contributed by atoms with Crippen LogP contribution in [0.4, 0.5) is 34.6 Å². The van der Waals surface area contributed by atoms with E-state index in [1.54, 1.807) is 12.1 Å². The number of anilines is 3. The van der Waals surface area contributed by atoms with E-state index in [1.807, 2.05) is 0 Å². The molecule has 0 aromatic heterocycles. The maximum atomic E-state index is 14.8. The number of amides is 3. The van der Waals surface area contributed by atoms with Crippen LogP contribution in [0.2, 0.25) is 10.0 Å². The van der Waals surface area contributed by atoms with Gasteiger partial charge in [0.25, 0.3) is 0 Å². The lowest BCUT2D eigenvalue weighted by atomic mass is 9.83. The molecule has 1 aliphatic carbocycles. The van der Waals surface area contributed by atoms with Crippen molar-refractivity contribution in [2.75, 3.05) is 16.8 Å². The summed E-state index contributed by atoms with van der Waals surface area (Å²) in [4.78, 5) is 40.3. The first-order chi connectivity index (χ1) is 18.3. The molecule has 3 atom stereocenters. The van der Waals surface area contributed by atoms with Gasteiger partial charge in [-0.25, -0.2) is 4.39 Å². The second-order valence-corrected chi connectivity index (χ2v) is 10.7. The van der Waals surface area contributed by atoms with E-state index < -0.39 is 60.4 Å². The first-order valence-electron chi connectivity index (χ1n) is 12.3. The number of carbonyl (C=O) groups is 3. The van der Waals surface area contributed by atoms with Crippen LogP contribution in [-0.2, 0) is 14.4 Å². The summed E-state index contributed by atoms with van der Waals surface area (Å²) < 4.78 is 54.1. The minimum atomic E-state index is -4.57. The number of carbonyl (C=O) groups excluding carboxylic acids is 3. The minimum Gasteiger partial charge on any atom is -0.369 e. The van der Waals surface area contributed by atoms with Gasteiger partial charge in [-0.1, -0.05) is 42.1 Å². The summed E-state index contributed by atoms with van der Waals surface area (Å²) in [5.41, 5.74) is 6.05. The van der Waals surface area contributed by atoms with E-state index in [0.29, 0.717) is 5.69 Å². The zero-order valence-corrected chi connectivity index (χ0v) is 22.0. The zero-order valence-electron chi connectivity index (χ0n) is 20.5. The van der Waals surface area contributed by atoms with Crippen LogP contribution in [0.1, 0.15) is 32.1 Å². The third kappa shape index (κ3) is 7.13. The Hall–Kier alpha value is -3.05. The third-order valence-electron chi connectivity index (χ3n) is 6.95. The minimum absolute atomic E-state index is 0.104. The number of hydrogen-bond acceptors (Lipinski definition) is 4. The van der Waals surface area contributed by atoms with E-state index in [0.717, 1.165) is 18.9 Å². The number of primary amides is 1. The van der Waals surface area contributed by atoms with Crippen molar-refractivity contribution in [2.45, 2.75) is 44.3 Å². The van der Waals surface area contributed by atoms with Gasteiger partial charge in [-0.05, 0) is 49.1 Å². The molecule has 4 rings (SSSR count). The molecule has 0 saturated heterocycles. The molecule has 0 spiro atoms. The molecule has 1 heterocycles. The first kappa shape index (κ1) is 28.9. The molecule has 210 valence electrons. The molecule has 1 saturated carbocycles. The Morgan fingerprint density at radius 2 is 1.85 bits per heavy atom. The van der Waals surface area contributed by atoms with Gasteiger partial charge in [0.2, 0.25) is 17.7 Å². The molecular weight excluding hydrogens is 563 g/mol. The Kier molecular flexibility index (Phi) is 8.60. The van der Waals surface area contributed by atoms with E-state index in [4.69, 9.17) is 28.9 Å². The molecule has 4 N–H and O–H groups in total. The van der Waals surface area contributed by atoms with Crippen molar-refractivity contribution in [1.82, 2.24) is 5.32 Å². The summed E-state index contributed by atoms with van der Waals surface area (Å²) in [7, 11) is 0. The predicted molar refractivity (Wildman–Crippen MR) is 139 cm³/mol. The molecule has 0 bridgehead atoms. The summed E-state index contributed by atoms with van der Waals surface area (Å²) in [5, 5.41) is 5.41. The molecule has 2 aromatic rings. The van der Waals surface area contributed by atoms with Crippen LogP contribution in [0.5, 0.6) is 0 Å². The fraction of sp³-hybridized carbons (Fsp3) is 0.423. The molecule has 1 aliphatic heterocycles. The highest BCUT2D eigenvalue weighted by Gasteiger charge is 2.41. The number of nitrogens with zero attached hydrogens (tertiary/aromatic N) is 1. The van der Waals surface area contributed by atoms with Gasteiger partial charge in [-0.15, -0.1) is 0 Å². The van der Waals surface area contributed by atoms with Gasteiger partial charge in [0.1, 0.15) is 17.5 Å². The molecule has 7 nitrogen and oxygen atoms in total. The molecule has 13 heteroatoms. The monoisotopic (exact) mass is 588 g/mol. The highest BCUT2D eigenvalue weighted by molar-refractivity contribution is 6.42. The predicted octanol–water partition coefficient (Wildman–Crippen LogP) is 5.57. The number of benzene rings is 2. The second-order valence-electron chi connectivity index (χ2n) is 9.84. The Morgan fingerprint density at radius 3 is 2.46 bits per heavy atom. The number of nitrogens with two attached hydrogens (primary N) is 1. The van der Waals surface area contributed by atoms with Crippen LogP contribution in [0.15, 0.2) is 36.4 Å².